The highest BCUT2D eigenvalue weighted by Gasteiger charge is 2.25. The molecule has 1 heterocycles. The van der Waals surface area contributed by atoms with Crippen LogP contribution in [0.4, 0.5) is 4.79 Å². The molecule has 1 saturated heterocycles. The van der Waals surface area contributed by atoms with E-state index in [4.69, 9.17) is 0 Å². The Bertz CT molecular complexity index is 645. The number of ketones is 1. The van der Waals surface area contributed by atoms with Gasteiger partial charge < -0.3 is 21.7 Å². The van der Waals surface area contributed by atoms with Gasteiger partial charge in [0, 0.05) is 32.9 Å². The molecule has 32 heavy (non-hydrogen) atoms. The van der Waals surface area contributed by atoms with Gasteiger partial charge in [0.05, 0.1) is 0 Å². The second kappa shape index (κ2) is 21.7. The summed E-state index contributed by atoms with van der Waals surface area (Å²) in [5.41, 5.74) is 5.50. The van der Waals surface area contributed by atoms with Crippen molar-refractivity contribution >= 4 is 36.3 Å². The summed E-state index contributed by atoms with van der Waals surface area (Å²) in [6.07, 6.45) is 7.58. The predicted molar refractivity (Wildman–Crippen MR) is 132 cm³/mol. The third-order valence-electron chi connectivity index (χ3n) is 4.06. The number of urea groups is 1. The van der Waals surface area contributed by atoms with Crippen LogP contribution in [0.25, 0.3) is 0 Å². The van der Waals surface area contributed by atoms with E-state index in [1.807, 2.05) is 44.2 Å². The van der Waals surface area contributed by atoms with Crippen molar-refractivity contribution in [3.05, 3.63) is 35.9 Å². The van der Waals surface area contributed by atoms with Crippen molar-refractivity contribution in [3.8, 4) is 0 Å². The summed E-state index contributed by atoms with van der Waals surface area (Å²) in [7, 11) is 0. The quantitative estimate of drug-likeness (QED) is 0.437. The van der Waals surface area contributed by atoms with Crippen LogP contribution in [0.1, 0.15) is 64.9 Å². The van der Waals surface area contributed by atoms with Crippen LogP contribution in [0, 0.1) is 0 Å². The van der Waals surface area contributed by atoms with Gasteiger partial charge in [-0.05, 0) is 31.1 Å². The van der Waals surface area contributed by atoms with Crippen LogP contribution in [0.2, 0.25) is 0 Å². The Balaban J connectivity index is 0. The third kappa shape index (κ3) is 18.2. The van der Waals surface area contributed by atoms with Crippen LogP contribution in [0.5, 0.6) is 0 Å². The van der Waals surface area contributed by atoms with Gasteiger partial charge in [-0.3, -0.25) is 14.4 Å². The van der Waals surface area contributed by atoms with Crippen molar-refractivity contribution in [2.24, 2.45) is 5.73 Å². The van der Waals surface area contributed by atoms with Gasteiger partial charge >= 0.3 is 6.03 Å². The first kappa shape index (κ1) is 31.6. The SMILES string of the molecule is CC.CC(N)=O.CS.O=C(NCc1ccccc1)NC1CCNC1=O.O=C1CCCCC1. The topological polar surface area (TPSA) is 130 Å². The Hall–Kier alpha value is -2.55. The van der Waals surface area contributed by atoms with Crippen molar-refractivity contribution < 1.29 is 19.2 Å². The van der Waals surface area contributed by atoms with Crippen LogP contribution in [-0.4, -0.2) is 42.5 Å². The second-order valence-electron chi connectivity index (χ2n) is 6.65. The van der Waals surface area contributed by atoms with Gasteiger partial charge in [-0.25, -0.2) is 4.79 Å². The number of primary amides is 1. The Kier molecular flexibility index (Phi) is 21.4. The van der Waals surface area contributed by atoms with E-state index in [2.05, 4.69) is 34.3 Å². The van der Waals surface area contributed by atoms with E-state index in [1.54, 1.807) is 6.26 Å². The maximum absolute atomic E-state index is 11.5. The lowest BCUT2D eigenvalue weighted by Gasteiger charge is -2.11. The standard InChI is InChI=1S/C12H15N3O2.C6H10O.C2H5NO.C2H6.CH4S/c16-11-10(6-7-13-11)15-12(17)14-8-9-4-2-1-3-5-9;7-6-4-2-1-3-5-6;1-2(3)4;2*1-2/h1-5,10H,6-8H2,(H,13,16)(H2,14,15,17);1-5H2;1H3,(H2,3,4);1-2H3;2H,1H3. The number of thiol groups is 1. The zero-order chi connectivity index (χ0) is 24.8. The molecule has 1 aromatic rings. The van der Waals surface area contributed by atoms with E-state index in [1.165, 1.54) is 13.3 Å². The van der Waals surface area contributed by atoms with Gasteiger partial charge in [-0.15, -0.1) is 0 Å². The highest BCUT2D eigenvalue weighted by atomic mass is 32.1. The number of amides is 4. The van der Waals surface area contributed by atoms with E-state index in [0.29, 0.717) is 25.3 Å². The average Bonchev–Trinajstić information content (AvgIpc) is 3.21. The Labute approximate surface area is 197 Å². The van der Waals surface area contributed by atoms with Gasteiger partial charge in [0.25, 0.3) is 0 Å². The van der Waals surface area contributed by atoms with Crippen LogP contribution in [-0.2, 0) is 20.9 Å². The van der Waals surface area contributed by atoms with Crippen molar-refractivity contribution in [2.45, 2.75) is 71.9 Å². The number of hydrogen-bond acceptors (Lipinski definition) is 5. The van der Waals surface area contributed by atoms with E-state index in [-0.39, 0.29) is 17.8 Å². The molecule has 0 spiro atoms. The van der Waals surface area contributed by atoms with Crippen molar-refractivity contribution in [1.29, 1.82) is 0 Å². The Morgan fingerprint density at radius 3 is 2.00 bits per heavy atom. The number of rotatable bonds is 3. The summed E-state index contributed by atoms with van der Waals surface area (Å²) in [6.45, 7) is 6.39. The molecule has 1 atom stereocenters. The number of hydrogen-bond donors (Lipinski definition) is 5. The molecule has 0 radical (unpaired) electrons. The Morgan fingerprint density at radius 1 is 1.06 bits per heavy atom. The number of benzene rings is 1. The lowest BCUT2D eigenvalue weighted by molar-refractivity contribution is -0.121. The molecule has 1 aromatic carbocycles. The van der Waals surface area contributed by atoms with Gasteiger partial charge in [-0.1, -0.05) is 50.6 Å². The van der Waals surface area contributed by atoms with E-state index < -0.39 is 6.04 Å². The third-order valence-corrected chi connectivity index (χ3v) is 4.06. The lowest BCUT2D eigenvalue weighted by Crippen LogP contribution is -2.45. The van der Waals surface area contributed by atoms with E-state index in [9.17, 15) is 19.2 Å². The monoisotopic (exact) mass is 468 g/mol. The number of nitrogens with one attached hydrogen (secondary N) is 3. The normalized spacial score (nSPS) is 16.0. The molecule has 1 unspecified atom stereocenters. The minimum Gasteiger partial charge on any atom is -0.370 e. The van der Waals surface area contributed by atoms with Gasteiger partial charge in [0.15, 0.2) is 0 Å². The lowest BCUT2D eigenvalue weighted by atomic mass is 10.00. The van der Waals surface area contributed by atoms with Crippen molar-refractivity contribution in [1.82, 2.24) is 16.0 Å². The molecule has 0 aromatic heterocycles. The summed E-state index contributed by atoms with van der Waals surface area (Å²) in [5.74, 6) is 0.0195. The fourth-order valence-electron chi connectivity index (χ4n) is 2.67. The van der Waals surface area contributed by atoms with Crippen molar-refractivity contribution in [2.75, 3.05) is 12.8 Å². The fourth-order valence-corrected chi connectivity index (χ4v) is 2.67. The summed E-state index contributed by atoms with van der Waals surface area (Å²) in [4.78, 5) is 42.4. The first-order valence-corrected chi connectivity index (χ1v) is 11.9. The highest BCUT2D eigenvalue weighted by Crippen LogP contribution is 2.12. The highest BCUT2D eigenvalue weighted by molar-refractivity contribution is 7.79. The first-order valence-electron chi connectivity index (χ1n) is 11.0. The fraction of sp³-hybridized carbons (Fsp3) is 0.565. The number of nitrogens with two attached hydrogens (primary N) is 1. The van der Waals surface area contributed by atoms with Crippen LogP contribution in [0.3, 0.4) is 0 Å². The Morgan fingerprint density at radius 2 is 1.59 bits per heavy atom. The molecule has 8 nitrogen and oxygen atoms in total. The largest absolute Gasteiger partial charge is 0.370 e. The average molecular weight is 469 g/mol. The summed E-state index contributed by atoms with van der Waals surface area (Å²) < 4.78 is 0. The maximum atomic E-state index is 11.5. The van der Waals surface area contributed by atoms with E-state index >= 15 is 0 Å². The summed E-state index contributed by atoms with van der Waals surface area (Å²) in [6, 6.07) is 8.91. The number of carbonyl (C=O) groups is 4. The zero-order valence-electron chi connectivity index (χ0n) is 19.8. The van der Waals surface area contributed by atoms with E-state index in [0.717, 1.165) is 31.2 Å². The zero-order valence-corrected chi connectivity index (χ0v) is 20.7. The first-order chi connectivity index (χ1) is 15.4. The van der Waals surface area contributed by atoms with Crippen LogP contribution < -0.4 is 21.7 Å². The minimum absolute atomic E-state index is 0.111. The second-order valence-corrected chi connectivity index (χ2v) is 6.65. The summed E-state index contributed by atoms with van der Waals surface area (Å²) in [5, 5.41) is 8.02. The minimum atomic E-state index is -0.397. The summed E-state index contributed by atoms with van der Waals surface area (Å²) >= 11 is 3.53. The molecule has 5 N–H and O–H groups in total. The van der Waals surface area contributed by atoms with Gasteiger partial charge in [0.1, 0.15) is 11.8 Å². The molecule has 1 saturated carbocycles. The smallest absolute Gasteiger partial charge is 0.315 e. The van der Waals surface area contributed by atoms with Crippen LogP contribution >= 0.6 is 12.6 Å². The molecule has 182 valence electrons. The molecule has 2 fully saturated rings. The molecule has 2 aliphatic rings. The van der Waals surface area contributed by atoms with Gasteiger partial charge in [-0.2, -0.15) is 12.6 Å². The molecule has 0 bridgehead atoms. The maximum Gasteiger partial charge on any atom is 0.315 e. The number of carbonyl (C=O) groups excluding carboxylic acids is 4. The molecular weight excluding hydrogens is 428 g/mol. The molecule has 3 rings (SSSR count). The molecule has 1 aliphatic heterocycles. The molecule has 9 heteroatoms. The van der Waals surface area contributed by atoms with Crippen LogP contribution in [0.15, 0.2) is 30.3 Å². The molecule has 1 aliphatic carbocycles. The van der Waals surface area contributed by atoms with Gasteiger partial charge in [0.2, 0.25) is 11.8 Å². The molecular formula is C23H40N4O4S. The number of Topliss-reactive ketones (excluding diaryl/α,β-unsaturated/α-hetero) is 1. The molecule has 4 amide bonds. The van der Waals surface area contributed by atoms with Crippen molar-refractivity contribution in [3.63, 3.8) is 0 Å². The predicted octanol–water partition coefficient (Wildman–Crippen LogP) is 2.96.